The molecule has 0 aliphatic heterocycles. The molecule has 22 heavy (non-hydrogen) atoms. The van der Waals surface area contributed by atoms with Gasteiger partial charge in [0.1, 0.15) is 0 Å². The van der Waals surface area contributed by atoms with Crippen molar-refractivity contribution in [3.05, 3.63) is 69.8 Å². The summed E-state index contributed by atoms with van der Waals surface area (Å²) in [5, 5.41) is 5.60. The van der Waals surface area contributed by atoms with Crippen molar-refractivity contribution in [3.8, 4) is 11.1 Å². The highest BCUT2D eigenvalue weighted by Crippen LogP contribution is 2.25. The highest BCUT2D eigenvalue weighted by molar-refractivity contribution is 7.10. The van der Waals surface area contributed by atoms with Crippen LogP contribution in [0.1, 0.15) is 10.4 Å². The number of nitrogens with one attached hydrogen (secondary N) is 1. The maximum atomic E-state index is 12.0. The number of hydrogen-bond acceptors (Lipinski definition) is 3. The van der Waals surface area contributed by atoms with E-state index in [1.807, 2.05) is 24.3 Å². The fraction of sp³-hybridized carbons (Fsp3) is 0.118. The lowest BCUT2D eigenvalue weighted by molar-refractivity contribution is -0.120. The maximum absolute atomic E-state index is 12.0. The minimum absolute atomic E-state index is 0.0358. The molecular formula is C17H14ClNO2S. The first-order valence-electron chi connectivity index (χ1n) is 6.82. The quantitative estimate of drug-likeness (QED) is 0.746. The van der Waals surface area contributed by atoms with Gasteiger partial charge in [-0.15, -0.1) is 11.3 Å². The SMILES string of the molecule is O=C(Cc1ccccc1Cl)NCc1cc(-c2ccoc2)cs1. The fourth-order valence-corrected chi connectivity index (χ4v) is 3.15. The smallest absolute Gasteiger partial charge is 0.224 e. The van der Waals surface area contributed by atoms with Gasteiger partial charge < -0.3 is 9.73 Å². The van der Waals surface area contributed by atoms with Gasteiger partial charge in [0.2, 0.25) is 5.91 Å². The number of benzene rings is 1. The molecule has 0 saturated heterocycles. The Labute approximate surface area is 137 Å². The monoisotopic (exact) mass is 331 g/mol. The van der Waals surface area contributed by atoms with Crippen molar-refractivity contribution in [2.45, 2.75) is 13.0 Å². The molecule has 0 aliphatic rings. The first kappa shape index (κ1) is 14.9. The second-order valence-electron chi connectivity index (χ2n) is 4.86. The van der Waals surface area contributed by atoms with Crippen LogP contribution in [0.15, 0.2) is 58.7 Å². The summed E-state index contributed by atoms with van der Waals surface area (Å²) in [5.74, 6) is -0.0358. The summed E-state index contributed by atoms with van der Waals surface area (Å²) in [7, 11) is 0. The number of carbonyl (C=O) groups excluding carboxylic acids is 1. The second-order valence-corrected chi connectivity index (χ2v) is 6.26. The number of hydrogen-bond donors (Lipinski definition) is 1. The zero-order chi connectivity index (χ0) is 15.4. The summed E-state index contributed by atoms with van der Waals surface area (Å²) >= 11 is 7.68. The summed E-state index contributed by atoms with van der Waals surface area (Å²) in [6.07, 6.45) is 3.65. The van der Waals surface area contributed by atoms with E-state index in [0.717, 1.165) is 21.6 Å². The van der Waals surface area contributed by atoms with Crippen molar-refractivity contribution >= 4 is 28.8 Å². The van der Waals surface area contributed by atoms with Crippen molar-refractivity contribution in [2.24, 2.45) is 0 Å². The number of rotatable bonds is 5. The van der Waals surface area contributed by atoms with Crippen molar-refractivity contribution in [1.29, 1.82) is 0 Å². The van der Waals surface area contributed by atoms with E-state index in [1.165, 1.54) is 0 Å². The van der Waals surface area contributed by atoms with Gasteiger partial charge in [-0.3, -0.25) is 4.79 Å². The Hall–Kier alpha value is -2.04. The molecule has 112 valence electrons. The summed E-state index contributed by atoms with van der Waals surface area (Å²) in [6.45, 7) is 0.520. The van der Waals surface area contributed by atoms with Gasteiger partial charge in [0, 0.05) is 15.5 Å². The van der Waals surface area contributed by atoms with Crippen molar-refractivity contribution in [2.75, 3.05) is 0 Å². The maximum Gasteiger partial charge on any atom is 0.224 e. The molecule has 1 N–H and O–H groups in total. The largest absolute Gasteiger partial charge is 0.472 e. The Morgan fingerprint density at radius 2 is 2.09 bits per heavy atom. The standard InChI is InChI=1S/C17H14ClNO2S/c18-16-4-2-1-3-12(16)8-17(20)19-9-15-7-14(11-22-15)13-5-6-21-10-13/h1-7,10-11H,8-9H2,(H,19,20). The predicted molar refractivity (Wildman–Crippen MR) is 89.0 cm³/mol. The molecule has 2 aromatic heterocycles. The number of amides is 1. The van der Waals surface area contributed by atoms with Crippen molar-refractivity contribution in [1.82, 2.24) is 5.32 Å². The molecule has 0 radical (unpaired) electrons. The fourth-order valence-electron chi connectivity index (χ4n) is 2.12. The van der Waals surface area contributed by atoms with Gasteiger partial charge in [-0.05, 0) is 34.7 Å². The zero-order valence-corrected chi connectivity index (χ0v) is 13.3. The van der Waals surface area contributed by atoms with Gasteiger partial charge in [-0.2, -0.15) is 0 Å². The molecular weight excluding hydrogens is 318 g/mol. The van der Waals surface area contributed by atoms with Gasteiger partial charge >= 0.3 is 0 Å². The van der Waals surface area contributed by atoms with Crippen LogP contribution < -0.4 is 5.32 Å². The molecule has 3 rings (SSSR count). The Morgan fingerprint density at radius 1 is 1.23 bits per heavy atom. The molecule has 0 aliphatic carbocycles. The first-order chi connectivity index (χ1) is 10.7. The zero-order valence-electron chi connectivity index (χ0n) is 11.7. The summed E-state index contributed by atoms with van der Waals surface area (Å²) < 4.78 is 5.08. The molecule has 1 amide bonds. The number of thiophene rings is 1. The lowest BCUT2D eigenvalue weighted by Gasteiger charge is -2.05. The Kier molecular flexibility index (Phi) is 4.61. The van der Waals surface area contributed by atoms with Crippen LogP contribution in [0.2, 0.25) is 5.02 Å². The van der Waals surface area contributed by atoms with E-state index in [9.17, 15) is 4.79 Å². The van der Waals surface area contributed by atoms with E-state index in [-0.39, 0.29) is 5.91 Å². The molecule has 0 bridgehead atoms. The Morgan fingerprint density at radius 3 is 2.86 bits per heavy atom. The molecule has 0 unspecified atom stereocenters. The van der Waals surface area contributed by atoms with Crippen LogP contribution in [-0.2, 0) is 17.8 Å². The van der Waals surface area contributed by atoms with E-state index in [0.29, 0.717) is 18.0 Å². The average Bonchev–Trinajstić information content (AvgIpc) is 3.18. The van der Waals surface area contributed by atoms with Crippen LogP contribution in [0, 0.1) is 0 Å². The summed E-state index contributed by atoms with van der Waals surface area (Å²) in [5.41, 5.74) is 2.99. The third-order valence-electron chi connectivity index (χ3n) is 3.28. The highest BCUT2D eigenvalue weighted by Gasteiger charge is 2.08. The van der Waals surface area contributed by atoms with Crippen LogP contribution >= 0.6 is 22.9 Å². The van der Waals surface area contributed by atoms with Crippen molar-refractivity contribution in [3.63, 3.8) is 0 Å². The minimum Gasteiger partial charge on any atom is -0.472 e. The van der Waals surface area contributed by atoms with Gasteiger partial charge in [-0.25, -0.2) is 0 Å². The topological polar surface area (TPSA) is 42.2 Å². The molecule has 3 nitrogen and oxygen atoms in total. The van der Waals surface area contributed by atoms with Gasteiger partial charge in [0.05, 0.1) is 25.5 Å². The molecule has 1 aromatic carbocycles. The van der Waals surface area contributed by atoms with Crippen LogP contribution in [0.3, 0.4) is 0 Å². The van der Waals surface area contributed by atoms with Crippen LogP contribution in [0.4, 0.5) is 0 Å². The minimum atomic E-state index is -0.0358. The highest BCUT2D eigenvalue weighted by atomic mass is 35.5. The molecule has 0 atom stereocenters. The lowest BCUT2D eigenvalue weighted by Crippen LogP contribution is -2.24. The lowest BCUT2D eigenvalue weighted by atomic mass is 10.1. The van der Waals surface area contributed by atoms with E-state index < -0.39 is 0 Å². The molecule has 0 spiro atoms. The van der Waals surface area contributed by atoms with E-state index >= 15 is 0 Å². The molecule has 2 heterocycles. The first-order valence-corrected chi connectivity index (χ1v) is 8.08. The van der Waals surface area contributed by atoms with Gasteiger partial charge in [0.15, 0.2) is 0 Å². The molecule has 5 heteroatoms. The Balaban J connectivity index is 1.56. The summed E-state index contributed by atoms with van der Waals surface area (Å²) in [6, 6.07) is 11.4. The number of furan rings is 1. The van der Waals surface area contributed by atoms with Crippen LogP contribution in [0.25, 0.3) is 11.1 Å². The van der Waals surface area contributed by atoms with Crippen LogP contribution in [-0.4, -0.2) is 5.91 Å². The van der Waals surface area contributed by atoms with Crippen LogP contribution in [0.5, 0.6) is 0 Å². The van der Waals surface area contributed by atoms with Gasteiger partial charge in [-0.1, -0.05) is 29.8 Å². The van der Waals surface area contributed by atoms with E-state index in [1.54, 1.807) is 29.9 Å². The molecule has 3 aromatic rings. The van der Waals surface area contributed by atoms with Crippen molar-refractivity contribution < 1.29 is 9.21 Å². The van der Waals surface area contributed by atoms with Gasteiger partial charge in [0.25, 0.3) is 0 Å². The number of halogens is 1. The average molecular weight is 332 g/mol. The Bertz CT molecular complexity index is 765. The third kappa shape index (κ3) is 3.59. The molecule has 0 saturated carbocycles. The predicted octanol–water partition coefficient (Wildman–Crippen LogP) is 4.52. The van der Waals surface area contributed by atoms with E-state index in [4.69, 9.17) is 16.0 Å². The van der Waals surface area contributed by atoms with E-state index in [2.05, 4.69) is 16.8 Å². The summed E-state index contributed by atoms with van der Waals surface area (Å²) in [4.78, 5) is 13.1. The number of carbonyl (C=O) groups is 1. The normalized spacial score (nSPS) is 10.6. The second kappa shape index (κ2) is 6.81. The molecule has 0 fully saturated rings. The third-order valence-corrected chi connectivity index (χ3v) is 4.58.